The van der Waals surface area contributed by atoms with E-state index in [4.69, 9.17) is 9.47 Å². The van der Waals surface area contributed by atoms with Gasteiger partial charge in [-0.15, -0.1) is 0 Å². The fourth-order valence-electron chi connectivity index (χ4n) is 8.09. The highest BCUT2D eigenvalue weighted by Gasteiger charge is 2.74. The third-order valence-electron chi connectivity index (χ3n) is 9.38. The van der Waals surface area contributed by atoms with Gasteiger partial charge in [-0.3, -0.25) is 9.59 Å². The summed E-state index contributed by atoms with van der Waals surface area (Å²) in [6.07, 6.45) is 0.342. The van der Waals surface area contributed by atoms with Gasteiger partial charge < -0.3 is 9.47 Å². The Labute approximate surface area is 215 Å². The molecule has 0 saturated heterocycles. The lowest BCUT2D eigenvalue weighted by Crippen LogP contribution is -2.64. The maximum atomic E-state index is 15.0. The lowest BCUT2D eigenvalue weighted by atomic mass is 9.54. The van der Waals surface area contributed by atoms with Crippen molar-refractivity contribution in [1.82, 2.24) is 0 Å². The first-order valence-corrected chi connectivity index (χ1v) is 13.2. The normalized spacial score (nSPS) is 30.6. The molecule has 4 heteroatoms. The summed E-state index contributed by atoms with van der Waals surface area (Å²) in [5, 5.41) is 2.24. The van der Waals surface area contributed by atoms with Gasteiger partial charge in [0.25, 0.3) is 0 Å². The minimum atomic E-state index is -1.30. The Balaban J connectivity index is 1.55. The maximum absolute atomic E-state index is 15.0. The molecule has 5 atom stereocenters. The third-order valence-corrected chi connectivity index (χ3v) is 9.38. The standard InChI is InChI=1S/C33H26O4/c1-2-36-30-22-12-6-8-14-25(22)33-31(35)29(30)28-21-11-5-7-13-24(21)32(33,18-26(28)34)17-23-20-10-4-3-9-19(20)15-16-27(23)37-33/h3-16,28-30H,2,17-18H2,1H3/t28-,29-,30+,32-,33-/m0/s1. The van der Waals surface area contributed by atoms with E-state index < -0.39 is 29.0 Å². The second-order valence-electron chi connectivity index (χ2n) is 10.9. The van der Waals surface area contributed by atoms with E-state index in [2.05, 4.69) is 30.3 Å². The first-order valence-electron chi connectivity index (χ1n) is 13.2. The van der Waals surface area contributed by atoms with Gasteiger partial charge in [-0.05, 0) is 46.9 Å². The third kappa shape index (κ3) is 2.38. The Kier molecular flexibility index (Phi) is 4.14. The van der Waals surface area contributed by atoms with Gasteiger partial charge >= 0.3 is 0 Å². The van der Waals surface area contributed by atoms with Crippen LogP contribution in [0.3, 0.4) is 0 Å². The largest absolute Gasteiger partial charge is 0.473 e. The average Bonchev–Trinajstić information content (AvgIpc) is 3.02. The molecule has 0 aromatic heterocycles. The maximum Gasteiger partial charge on any atom is 0.203 e. The number of fused-ring (bicyclic) bond motifs is 5. The van der Waals surface area contributed by atoms with Crippen molar-refractivity contribution in [2.75, 3.05) is 6.61 Å². The smallest absolute Gasteiger partial charge is 0.203 e. The molecular formula is C33H26O4. The fraction of sp³-hybridized carbons (Fsp3) is 0.273. The molecule has 1 heterocycles. The Morgan fingerprint density at radius 1 is 0.838 bits per heavy atom. The van der Waals surface area contributed by atoms with Gasteiger partial charge in [0, 0.05) is 24.2 Å². The predicted molar refractivity (Wildman–Crippen MR) is 140 cm³/mol. The zero-order valence-electron chi connectivity index (χ0n) is 20.6. The van der Waals surface area contributed by atoms with Gasteiger partial charge in [0.15, 0.2) is 5.78 Å². The van der Waals surface area contributed by atoms with Gasteiger partial charge in [-0.2, -0.15) is 0 Å². The van der Waals surface area contributed by atoms with Gasteiger partial charge in [0.2, 0.25) is 5.60 Å². The molecule has 5 aliphatic rings. The molecule has 1 saturated carbocycles. The van der Waals surface area contributed by atoms with Crippen LogP contribution in [0.5, 0.6) is 5.75 Å². The van der Waals surface area contributed by atoms with Crippen molar-refractivity contribution < 1.29 is 19.1 Å². The summed E-state index contributed by atoms with van der Waals surface area (Å²) in [5.41, 5.74) is 2.78. The zero-order valence-corrected chi connectivity index (χ0v) is 20.6. The summed E-state index contributed by atoms with van der Waals surface area (Å²) < 4.78 is 13.4. The predicted octanol–water partition coefficient (Wildman–Crippen LogP) is 5.95. The molecule has 4 aliphatic carbocycles. The van der Waals surface area contributed by atoms with Crippen LogP contribution < -0.4 is 4.74 Å². The minimum Gasteiger partial charge on any atom is -0.473 e. The highest BCUT2D eigenvalue weighted by Crippen LogP contribution is 2.67. The summed E-state index contributed by atoms with van der Waals surface area (Å²) >= 11 is 0. The van der Waals surface area contributed by atoms with E-state index >= 15 is 4.79 Å². The van der Waals surface area contributed by atoms with Crippen LogP contribution in [-0.4, -0.2) is 18.2 Å². The second kappa shape index (κ2) is 7.17. The molecule has 0 radical (unpaired) electrons. The molecule has 4 nitrogen and oxygen atoms in total. The highest BCUT2D eigenvalue weighted by molar-refractivity contribution is 6.07. The number of Topliss-reactive ketones (excluding diaryl/α,β-unsaturated/α-hetero) is 2. The van der Waals surface area contributed by atoms with Crippen LogP contribution in [-0.2, 0) is 31.8 Å². The Morgan fingerprint density at radius 2 is 1.57 bits per heavy atom. The van der Waals surface area contributed by atoms with Crippen LogP contribution in [0.4, 0.5) is 0 Å². The van der Waals surface area contributed by atoms with Crippen molar-refractivity contribution in [3.05, 3.63) is 113 Å². The molecule has 1 fully saturated rings. The summed E-state index contributed by atoms with van der Waals surface area (Å²) in [5.74, 6) is -0.337. The topological polar surface area (TPSA) is 52.6 Å². The minimum absolute atomic E-state index is 0.0180. The summed E-state index contributed by atoms with van der Waals surface area (Å²) in [4.78, 5) is 29.2. The monoisotopic (exact) mass is 486 g/mol. The lowest BCUT2D eigenvalue weighted by Gasteiger charge is -2.55. The van der Waals surface area contributed by atoms with Crippen LogP contribution in [0.1, 0.15) is 53.2 Å². The van der Waals surface area contributed by atoms with Crippen molar-refractivity contribution in [1.29, 1.82) is 0 Å². The number of benzene rings is 4. The lowest BCUT2D eigenvalue weighted by molar-refractivity contribution is -0.157. The number of rotatable bonds is 2. The second-order valence-corrected chi connectivity index (χ2v) is 10.9. The molecule has 4 aromatic rings. The molecule has 9 rings (SSSR count). The first kappa shape index (κ1) is 21.3. The van der Waals surface area contributed by atoms with Crippen LogP contribution in [0.2, 0.25) is 0 Å². The zero-order chi connectivity index (χ0) is 24.9. The summed E-state index contributed by atoms with van der Waals surface area (Å²) in [7, 11) is 0. The Morgan fingerprint density at radius 3 is 2.41 bits per heavy atom. The van der Waals surface area contributed by atoms with Gasteiger partial charge in [-0.1, -0.05) is 78.9 Å². The fourth-order valence-corrected chi connectivity index (χ4v) is 8.09. The van der Waals surface area contributed by atoms with E-state index in [1.807, 2.05) is 61.5 Å². The van der Waals surface area contributed by atoms with E-state index in [1.165, 1.54) is 0 Å². The van der Waals surface area contributed by atoms with Crippen LogP contribution in [0.25, 0.3) is 10.8 Å². The molecular weight excluding hydrogens is 460 g/mol. The van der Waals surface area contributed by atoms with Crippen LogP contribution in [0, 0.1) is 5.92 Å². The summed E-state index contributed by atoms with van der Waals surface area (Å²) in [6.45, 7) is 2.40. The SMILES string of the molecule is CCO[C@@H]1c2ccccc2[C@@]23Oc4ccc5ccccc5c4C[C@@]24CC(=O)[C@H](c2ccccc24)[C@@H]1C3=O. The van der Waals surface area contributed by atoms with E-state index in [0.717, 1.165) is 44.3 Å². The molecule has 2 spiro atoms. The van der Waals surface area contributed by atoms with Gasteiger partial charge in [0.1, 0.15) is 11.5 Å². The molecule has 4 aromatic carbocycles. The quantitative estimate of drug-likeness (QED) is 0.351. The summed E-state index contributed by atoms with van der Waals surface area (Å²) in [6, 6.07) is 28.6. The number of hydrogen-bond donors (Lipinski definition) is 0. The number of ether oxygens (including phenoxy) is 2. The number of ketones is 2. The molecule has 0 N–H and O–H groups in total. The van der Waals surface area contributed by atoms with Crippen molar-refractivity contribution in [2.45, 2.75) is 42.8 Å². The molecule has 182 valence electrons. The first-order chi connectivity index (χ1) is 18.1. The van der Waals surface area contributed by atoms with E-state index in [1.54, 1.807) is 0 Å². The number of carbonyl (C=O) groups excluding carboxylic acids is 2. The number of carbonyl (C=O) groups is 2. The van der Waals surface area contributed by atoms with Gasteiger partial charge in [0.05, 0.1) is 23.4 Å². The van der Waals surface area contributed by atoms with Crippen molar-refractivity contribution >= 4 is 22.3 Å². The molecule has 4 bridgehead atoms. The van der Waals surface area contributed by atoms with Crippen molar-refractivity contribution in [3.63, 3.8) is 0 Å². The number of hydrogen-bond acceptors (Lipinski definition) is 4. The Bertz CT molecular complexity index is 1650. The van der Waals surface area contributed by atoms with E-state index in [9.17, 15) is 4.79 Å². The van der Waals surface area contributed by atoms with Crippen molar-refractivity contribution in [2.24, 2.45) is 5.92 Å². The van der Waals surface area contributed by atoms with E-state index in [0.29, 0.717) is 13.0 Å². The van der Waals surface area contributed by atoms with Crippen LogP contribution >= 0.6 is 0 Å². The van der Waals surface area contributed by atoms with Crippen LogP contribution in [0.15, 0.2) is 84.9 Å². The molecule has 0 amide bonds. The average molecular weight is 487 g/mol. The molecule has 1 aliphatic heterocycles. The Hall–Kier alpha value is -3.76. The van der Waals surface area contributed by atoms with Crippen molar-refractivity contribution in [3.8, 4) is 5.75 Å². The highest BCUT2D eigenvalue weighted by atomic mass is 16.5. The molecule has 0 unspecified atom stereocenters. The van der Waals surface area contributed by atoms with Gasteiger partial charge in [-0.25, -0.2) is 0 Å². The van der Waals surface area contributed by atoms with E-state index in [-0.39, 0.29) is 18.0 Å². The molecule has 37 heavy (non-hydrogen) atoms.